The van der Waals surface area contributed by atoms with Crippen LogP contribution in [-0.2, 0) is 13.0 Å². The summed E-state index contributed by atoms with van der Waals surface area (Å²) < 4.78 is 39.4. The second-order valence-electron chi connectivity index (χ2n) is 8.05. The predicted molar refractivity (Wildman–Crippen MR) is 127 cm³/mol. The van der Waals surface area contributed by atoms with Crippen LogP contribution < -0.4 is 16.7 Å². The predicted octanol–water partition coefficient (Wildman–Crippen LogP) is 2.90. The number of fused-ring (bicyclic) bond motifs is 2. The first-order chi connectivity index (χ1) is 17.1. The average Bonchev–Trinajstić information content (AvgIpc) is 3.57. The largest absolute Gasteiger partial charge is 0.406 e. The minimum atomic E-state index is -4.61. The van der Waals surface area contributed by atoms with Gasteiger partial charge in [-0.15, -0.1) is 11.3 Å². The Morgan fingerprint density at radius 2 is 1.97 bits per heavy atom. The average molecular weight is 517 g/mol. The van der Waals surface area contributed by atoms with Crippen molar-refractivity contribution < 1.29 is 22.8 Å². The fourth-order valence-corrected chi connectivity index (χ4v) is 5.00. The van der Waals surface area contributed by atoms with Gasteiger partial charge in [-0.2, -0.15) is 18.3 Å². The fourth-order valence-electron chi connectivity index (χ4n) is 4.10. The lowest BCUT2D eigenvalue weighted by molar-refractivity contribution is -0.140. The number of amides is 2. The van der Waals surface area contributed by atoms with Gasteiger partial charge in [0.25, 0.3) is 11.8 Å². The second kappa shape index (κ2) is 8.71. The molecular formula is C22H18F3N7O3S. The molecule has 14 heteroatoms. The number of aromatic nitrogens is 5. The monoisotopic (exact) mass is 517 g/mol. The highest BCUT2D eigenvalue weighted by Gasteiger charge is 2.30. The van der Waals surface area contributed by atoms with Gasteiger partial charge < -0.3 is 21.0 Å². The van der Waals surface area contributed by atoms with E-state index < -0.39 is 24.3 Å². The van der Waals surface area contributed by atoms with Crippen LogP contribution in [0.2, 0.25) is 0 Å². The van der Waals surface area contributed by atoms with Crippen molar-refractivity contribution in [3.05, 3.63) is 63.3 Å². The van der Waals surface area contributed by atoms with Gasteiger partial charge in [0.1, 0.15) is 6.54 Å². The number of imidazole rings is 1. The van der Waals surface area contributed by atoms with Crippen LogP contribution in [0.5, 0.6) is 0 Å². The third-order valence-electron chi connectivity index (χ3n) is 5.63. The number of carbonyl (C=O) groups excluding carboxylic acids is 2. The van der Waals surface area contributed by atoms with Crippen LogP contribution in [0, 0.1) is 0 Å². The number of hydrogen-bond donors (Lipinski definition) is 5. The third kappa shape index (κ3) is 4.37. The van der Waals surface area contributed by atoms with Gasteiger partial charge in [-0.25, -0.2) is 4.79 Å². The Hall–Kier alpha value is -4.33. The van der Waals surface area contributed by atoms with Crippen LogP contribution in [0.25, 0.3) is 32.4 Å². The molecule has 6 N–H and O–H groups in total. The number of benzene rings is 1. The van der Waals surface area contributed by atoms with Crippen LogP contribution in [0.1, 0.15) is 25.7 Å². The zero-order valence-electron chi connectivity index (χ0n) is 18.3. The second-order valence-corrected chi connectivity index (χ2v) is 9.13. The molecule has 10 nitrogen and oxygen atoms in total. The zero-order chi connectivity index (χ0) is 25.6. The summed E-state index contributed by atoms with van der Waals surface area (Å²) in [5.74, 6) is -1.08. The quantitative estimate of drug-likeness (QED) is 0.225. The topological polar surface area (TPSA) is 154 Å². The minimum Gasteiger partial charge on any atom is -0.366 e. The first-order valence-corrected chi connectivity index (χ1v) is 11.4. The van der Waals surface area contributed by atoms with Crippen LogP contribution in [0.4, 0.5) is 13.2 Å². The highest BCUT2D eigenvalue weighted by atomic mass is 32.1. The molecule has 5 rings (SSSR count). The number of nitrogens with one attached hydrogen (secondary N) is 4. The number of primary amides is 1. The summed E-state index contributed by atoms with van der Waals surface area (Å²) in [5, 5.41) is 9.67. The van der Waals surface area contributed by atoms with Gasteiger partial charge in [-0.05, 0) is 24.3 Å². The standard InChI is InChI=1S/C22H18F3N7O3S/c23-22(24,25)9-32-15-5-11-13(6-14(15)31-21(32)35)30-12(18(11)19(26)33)3-4-27-20(34)17-2-1-16(36-17)10-7-28-29-8-10/h1-2,5-8,30H,3-4,9H2,(H2,26,33)(H,27,34)(H,28,29)(H,31,35). The van der Waals surface area contributed by atoms with E-state index in [0.717, 1.165) is 10.4 Å². The van der Waals surface area contributed by atoms with Crippen molar-refractivity contribution in [2.45, 2.75) is 19.1 Å². The van der Waals surface area contributed by atoms with Gasteiger partial charge in [-0.1, -0.05) is 0 Å². The molecule has 0 aliphatic carbocycles. The number of nitrogens with zero attached hydrogens (tertiary/aromatic N) is 2. The summed E-state index contributed by atoms with van der Waals surface area (Å²) in [7, 11) is 0. The van der Waals surface area contributed by atoms with E-state index in [1.54, 1.807) is 18.5 Å². The molecule has 0 fully saturated rings. The molecule has 0 radical (unpaired) electrons. The van der Waals surface area contributed by atoms with E-state index in [-0.39, 0.29) is 40.9 Å². The van der Waals surface area contributed by atoms with Crippen LogP contribution in [0.3, 0.4) is 0 Å². The van der Waals surface area contributed by atoms with E-state index in [2.05, 4.69) is 25.5 Å². The van der Waals surface area contributed by atoms with E-state index in [1.165, 1.54) is 23.5 Å². The number of thiophene rings is 1. The number of hydrogen-bond acceptors (Lipinski definition) is 5. The Morgan fingerprint density at radius 3 is 2.67 bits per heavy atom. The normalized spacial score (nSPS) is 12.0. The number of halogens is 3. The SMILES string of the molecule is NC(=O)c1c(CCNC(=O)c2ccc(-c3cn[nH]c3)s2)[nH]c2cc3[nH]c(=O)n(CC(F)(F)F)c3cc12. The molecule has 186 valence electrons. The van der Waals surface area contributed by atoms with Crippen molar-refractivity contribution in [2.75, 3.05) is 6.54 Å². The third-order valence-corrected chi connectivity index (χ3v) is 6.76. The summed E-state index contributed by atoms with van der Waals surface area (Å²) in [4.78, 5) is 43.7. The molecule has 0 atom stereocenters. The molecule has 1 aromatic carbocycles. The molecule has 5 aromatic rings. The van der Waals surface area contributed by atoms with E-state index >= 15 is 0 Å². The Labute approximate surface area is 203 Å². The first kappa shape index (κ1) is 23.4. The molecule has 0 aliphatic heterocycles. The number of carbonyl (C=O) groups is 2. The van der Waals surface area contributed by atoms with Crippen LogP contribution in [0.15, 0.2) is 41.5 Å². The van der Waals surface area contributed by atoms with Crippen molar-refractivity contribution >= 4 is 45.1 Å². The van der Waals surface area contributed by atoms with Gasteiger partial charge in [0.05, 0.1) is 27.7 Å². The van der Waals surface area contributed by atoms with Crippen molar-refractivity contribution in [3.63, 3.8) is 0 Å². The summed E-state index contributed by atoms with van der Waals surface area (Å²) in [6, 6.07) is 6.29. The Kier molecular flexibility index (Phi) is 5.67. The molecule has 0 spiro atoms. The molecule has 0 unspecified atom stereocenters. The molecular weight excluding hydrogens is 499 g/mol. The Morgan fingerprint density at radius 1 is 1.17 bits per heavy atom. The maximum atomic E-state index is 13.0. The van der Waals surface area contributed by atoms with Crippen molar-refractivity contribution in [3.8, 4) is 10.4 Å². The summed E-state index contributed by atoms with van der Waals surface area (Å²) >= 11 is 1.30. The number of rotatable bonds is 7. The molecule has 2 amide bonds. The molecule has 0 aliphatic rings. The molecule has 0 saturated carbocycles. The van der Waals surface area contributed by atoms with Crippen molar-refractivity contribution in [1.82, 2.24) is 30.0 Å². The maximum absolute atomic E-state index is 13.0. The van der Waals surface area contributed by atoms with Gasteiger partial charge >= 0.3 is 11.9 Å². The minimum absolute atomic E-state index is 0.00250. The Balaban J connectivity index is 1.39. The van der Waals surface area contributed by atoms with Gasteiger partial charge in [0.2, 0.25) is 0 Å². The lowest BCUT2D eigenvalue weighted by Gasteiger charge is -2.07. The first-order valence-electron chi connectivity index (χ1n) is 10.6. The fraction of sp³-hybridized carbons (Fsp3) is 0.182. The summed E-state index contributed by atoms with van der Waals surface area (Å²) in [5.41, 5.74) is 6.63. The molecule has 0 bridgehead atoms. The maximum Gasteiger partial charge on any atom is 0.406 e. The lowest BCUT2D eigenvalue weighted by Crippen LogP contribution is -2.26. The van der Waals surface area contributed by atoms with Gasteiger partial charge in [0.15, 0.2) is 0 Å². The number of alkyl halides is 3. The molecule has 4 aromatic heterocycles. The highest BCUT2D eigenvalue weighted by Crippen LogP contribution is 2.29. The zero-order valence-corrected chi connectivity index (χ0v) is 19.1. The van der Waals surface area contributed by atoms with E-state index in [1.807, 2.05) is 6.07 Å². The van der Waals surface area contributed by atoms with Crippen LogP contribution >= 0.6 is 11.3 Å². The molecule has 36 heavy (non-hydrogen) atoms. The van der Waals surface area contributed by atoms with E-state index in [9.17, 15) is 27.6 Å². The number of H-pyrrole nitrogens is 3. The van der Waals surface area contributed by atoms with Gasteiger partial charge in [-0.3, -0.25) is 19.3 Å². The number of nitrogens with two attached hydrogens (primary N) is 1. The summed E-state index contributed by atoms with van der Waals surface area (Å²) in [6.45, 7) is -1.31. The van der Waals surface area contributed by atoms with Crippen molar-refractivity contribution in [1.29, 1.82) is 0 Å². The van der Waals surface area contributed by atoms with E-state index in [0.29, 0.717) is 20.7 Å². The van der Waals surface area contributed by atoms with Gasteiger partial charge in [0, 0.05) is 46.2 Å². The van der Waals surface area contributed by atoms with E-state index in [4.69, 9.17) is 5.73 Å². The highest BCUT2D eigenvalue weighted by molar-refractivity contribution is 7.17. The summed E-state index contributed by atoms with van der Waals surface area (Å²) in [6.07, 6.45) is -1.03. The smallest absolute Gasteiger partial charge is 0.366 e. The molecule has 0 saturated heterocycles. The van der Waals surface area contributed by atoms with Crippen LogP contribution in [-0.4, -0.2) is 49.3 Å². The van der Waals surface area contributed by atoms with Crippen molar-refractivity contribution in [2.24, 2.45) is 5.73 Å². The lowest BCUT2D eigenvalue weighted by atomic mass is 10.1. The number of aromatic amines is 3. The molecule has 4 heterocycles. The Bertz CT molecular complexity index is 1660.